The van der Waals surface area contributed by atoms with Crippen LogP contribution in [0.5, 0.6) is 0 Å². The Hall–Kier alpha value is -2.59. The van der Waals surface area contributed by atoms with Crippen molar-refractivity contribution in [1.29, 1.82) is 0 Å². The van der Waals surface area contributed by atoms with Gasteiger partial charge < -0.3 is 4.42 Å². The Kier molecular flexibility index (Phi) is 3.55. The molecule has 140 valence electrons. The van der Waals surface area contributed by atoms with E-state index in [0.717, 1.165) is 14.7 Å². The molecule has 4 aromatic carbocycles. The molecule has 1 aromatic heterocycles. The second-order valence-corrected chi connectivity index (χ2v) is 9.47. The summed E-state index contributed by atoms with van der Waals surface area (Å²) in [6.45, 7) is 4.65. The highest BCUT2D eigenvalue weighted by molar-refractivity contribution is 14.1. The van der Waals surface area contributed by atoms with Gasteiger partial charge in [-0.1, -0.05) is 80.6 Å². The van der Waals surface area contributed by atoms with E-state index in [1.807, 2.05) is 0 Å². The normalized spacial score (nSPS) is 14.3. The number of benzene rings is 4. The number of para-hydroxylation sites is 1. The van der Waals surface area contributed by atoms with E-state index >= 15 is 0 Å². The number of hydrogen-bond donors (Lipinski definition) is 0. The maximum Gasteiger partial charge on any atom is 0.148 e. The van der Waals surface area contributed by atoms with Gasteiger partial charge in [0.05, 0.1) is 3.57 Å². The molecule has 2 heteroatoms. The Balaban J connectivity index is 1.87. The second-order valence-electron chi connectivity index (χ2n) is 8.31. The molecule has 0 unspecified atom stereocenters. The van der Waals surface area contributed by atoms with E-state index in [9.17, 15) is 0 Å². The minimum absolute atomic E-state index is 0.0597. The van der Waals surface area contributed by atoms with E-state index in [1.54, 1.807) is 0 Å². The summed E-state index contributed by atoms with van der Waals surface area (Å²) in [5, 5.41) is 2.41. The first kappa shape index (κ1) is 17.3. The zero-order valence-electron chi connectivity index (χ0n) is 16.3. The highest BCUT2D eigenvalue weighted by Gasteiger charge is 2.38. The molecule has 29 heavy (non-hydrogen) atoms. The third kappa shape index (κ3) is 2.26. The van der Waals surface area contributed by atoms with Gasteiger partial charge in [-0.15, -0.1) is 0 Å². The largest absolute Gasteiger partial charge is 0.454 e. The van der Waals surface area contributed by atoms with Crippen LogP contribution in [0.4, 0.5) is 0 Å². The van der Waals surface area contributed by atoms with Gasteiger partial charge >= 0.3 is 0 Å². The van der Waals surface area contributed by atoms with Crippen LogP contribution in [-0.2, 0) is 5.41 Å². The molecule has 1 aliphatic rings. The van der Waals surface area contributed by atoms with Crippen molar-refractivity contribution in [3.05, 3.63) is 93.6 Å². The topological polar surface area (TPSA) is 13.1 Å². The van der Waals surface area contributed by atoms with E-state index in [0.29, 0.717) is 0 Å². The Morgan fingerprint density at radius 3 is 2.31 bits per heavy atom. The molecule has 0 bridgehead atoms. The van der Waals surface area contributed by atoms with Crippen LogP contribution in [0.2, 0.25) is 0 Å². The Bertz CT molecular complexity index is 1420. The first-order valence-corrected chi connectivity index (χ1v) is 11.0. The fraction of sp³-hybridized carbons (Fsp3) is 0.111. The van der Waals surface area contributed by atoms with Gasteiger partial charge in [-0.2, -0.15) is 0 Å². The molecular formula is C27H19IO. The predicted molar refractivity (Wildman–Crippen MR) is 129 cm³/mol. The van der Waals surface area contributed by atoms with E-state index in [4.69, 9.17) is 4.42 Å². The number of hydrogen-bond acceptors (Lipinski definition) is 1. The molecule has 0 N–H and O–H groups in total. The molecule has 0 aliphatic heterocycles. The first-order valence-electron chi connectivity index (χ1n) is 9.91. The van der Waals surface area contributed by atoms with Crippen molar-refractivity contribution in [2.75, 3.05) is 0 Å². The molecule has 0 fully saturated rings. The average Bonchev–Trinajstić information content (AvgIpc) is 3.23. The van der Waals surface area contributed by atoms with Crippen molar-refractivity contribution in [1.82, 2.24) is 0 Å². The summed E-state index contributed by atoms with van der Waals surface area (Å²) in [5.74, 6) is 0. The van der Waals surface area contributed by atoms with E-state index in [2.05, 4.69) is 115 Å². The smallest absolute Gasteiger partial charge is 0.148 e. The van der Waals surface area contributed by atoms with Crippen molar-refractivity contribution in [2.45, 2.75) is 19.3 Å². The van der Waals surface area contributed by atoms with Gasteiger partial charge in [-0.05, 0) is 62.5 Å². The molecule has 0 atom stereocenters. The SMILES string of the molecule is CC1(C)c2ccccc2-c2c1cc(-c1ccccc1)c1c2oc2c(I)cccc21. The monoisotopic (exact) mass is 486 g/mol. The third-order valence-corrected chi connectivity index (χ3v) is 7.20. The minimum atomic E-state index is -0.0597. The van der Waals surface area contributed by atoms with Crippen molar-refractivity contribution in [3.63, 3.8) is 0 Å². The summed E-state index contributed by atoms with van der Waals surface area (Å²) in [7, 11) is 0. The third-order valence-electron chi connectivity index (χ3n) is 6.35. The lowest BCUT2D eigenvalue weighted by molar-refractivity contribution is 0.652. The highest BCUT2D eigenvalue weighted by Crippen LogP contribution is 2.54. The summed E-state index contributed by atoms with van der Waals surface area (Å²) in [6.07, 6.45) is 0. The van der Waals surface area contributed by atoms with Gasteiger partial charge in [0.1, 0.15) is 11.2 Å². The second kappa shape index (κ2) is 5.96. The molecule has 6 rings (SSSR count). The molecule has 1 heterocycles. The van der Waals surface area contributed by atoms with Crippen LogP contribution in [0.1, 0.15) is 25.0 Å². The van der Waals surface area contributed by atoms with E-state index in [-0.39, 0.29) is 5.41 Å². The molecule has 1 nitrogen and oxygen atoms in total. The number of furan rings is 1. The predicted octanol–water partition coefficient (Wildman–Crippen LogP) is 8.16. The average molecular weight is 486 g/mol. The molecular weight excluding hydrogens is 467 g/mol. The van der Waals surface area contributed by atoms with Crippen LogP contribution >= 0.6 is 22.6 Å². The van der Waals surface area contributed by atoms with Gasteiger partial charge in [0, 0.05) is 21.8 Å². The standard InChI is InChI=1S/C27H19IO/c1-27(2)20-13-7-6-11-17(20)24-21(27)15-19(16-9-4-3-5-10-16)23-18-12-8-14-22(28)25(18)29-26(23)24/h3-15H,1-2H3. The van der Waals surface area contributed by atoms with Gasteiger partial charge in [-0.25, -0.2) is 0 Å². The van der Waals surface area contributed by atoms with Gasteiger partial charge in [0.15, 0.2) is 0 Å². The van der Waals surface area contributed by atoms with Gasteiger partial charge in [0.25, 0.3) is 0 Å². The van der Waals surface area contributed by atoms with Crippen molar-refractivity contribution >= 4 is 44.5 Å². The molecule has 5 aromatic rings. The lowest BCUT2D eigenvalue weighted by Gasteiger charge is -2.22. The van der Waals surface area contributed by atoms with Crippen LogP contribution in [0.3, 0.4) is 0 Å². The lowest BCUT2D eigenvalue weighted by atomic mass is 9.81. The summed E-state index contributed by atoms with van der Waals surface area (Å²) in [5.41, 5.74) is 9.69. The number of fused-ring (bicyclic) bond motifs is 7. The highest BCUT2D eigenvalue weighted by atomic mass is 127. The lowest BCUT2D eigenvalue weighted by Crippen LogP contribution is -2.15. The maximum atomic E-state index is 6.63. The summed E-state index contributed by atoms with van der Waals surface area (Å²) in [4.78, 5) is 0. The Morgan fingerprint density at radius 1 is 0.724 bits per heavy atom. The quantitative estimate of drug-likeness (QED) is 0.218. The summed E-state index contributed by atoms with van der Waals surface area (Å²) in [6, 6.07) is 28.3. The fourth-order valence-corrected chi connectivity index (χ4v) is 5.54. The van der Waals surface area contributed by atoms with Crippen molar-refractivity contribution in [2.24, 2.45) is 0 Å². The maximum absolute atomic E-state index is 6.63. The molecule has 1 aliphatic carbocycles. The first-order chi connectivity index (χ1) is 14.1. The van der Waals surface area contributed by atoms with Crippen molar-refractivity contribution in [3.8, 4) is 22.3 Å². The number of halogens is 1. The fourth-order valence-electron chi connectivity index (χ4n) is 4.94. The van der Waals surface area contributed by atoms with Gasteiger partial charge in [0.2, 0.25) is 0 Å². The van der Waals surface area contributed by atoms with Crippen molar-refractivity contribution < 1.29 is 4.42 Å². The van der Waals surface area contributed by atoms with E-state index < -0.39 is 0 Å². The molecule has 0 radical (unpaired) electrons. The van der Waals surface area contributed by atoms with Crippen LogP contribution in [0.25, 0.3) is 44.2 Å². The zero-order chi connectivity index (χ0) is 19.8. The van der Waals surface area contributed by atoms with Crippen LogP contribution < -0.4 is 0 Å². The van der Waals surface area contributed by atoms with E-state index in [1.165, 1.54) is 44.2 Å². The zero-order valence-corrected chi connectivity index (χ0v) is 18.4. The molecule has 0 saturated heterocycles. The molecule has 0 amide bonds. The number of rotatable bonds is 1. The Labute approximate surface area is 183 Å². The Morgan fingerprint density at radius 2 is 1.48 bits per heavy atom. The summed E-state index contributed by atoms with van der Waals surface area (Å²) >= 11 is 2.38. The molecule has 0 spiro atoms. The molecule has 0 saturated carbocycles. The van der Waals surface area contributed by atoms with Crippen LogP contribution in [0.15, 0.2) is 83.3 Å². The van der Waals surface area contributed by atoms with Gasteiger partial charge in [-0.3, -0.25) is 0 Å². The summed E-state index contributed by atoms with van der Waals surface area (Å²) < 4.78 is 7.78. The minimum Gasteiger partial charge on any atom is -0.454 e. The van der Waals surface area contributed by atoms with Crippen LogP contribution in [-0.4, -0.2) is 0 Å². The van der Waals surface area contributed by atoms with Crippen LogP contribution in [0, 0.1) is 3.57 Å².